The second-order valence-electron chi connectivity index (χ2n) is 19.0. The number of phenols is 1. The smallest absolute Gasteiger partial charge is 0.247 e. The van der Waals surface area contributed by atoms with E-state index >= 15 is 0 Å². The van der Waals surface area contributed by atoms with Crippen molar-refractivity contribution >= 4 is 125 Å². The van der Waals surface area contributed by atoms with Crippen molar-refractivity contribution in [2.24, 2.45) is 0 Å². The summed E-state index contributed by atoms with van der Waals surface area (Å²) in [6.45, 7) is 10.00. The quantitative estimate of drug-likeness (QED) is 0.0993. The molecule has 12 aromatic rings. The molecule has 0 aliphatic rings. The maximum absolute atomic E-state index is 9.77. The Morgan fingerprint density at radius 1 is 0.442 bits per heavy atom. The van der Waals surface area contributed by atoms with Crippen molar-refractivity contribution in [3.05, 3.63) is 193 Å². The van der Waals surface area contributed by atoms with E-state index in [1.54, 1.807) is 76.3 Å². The summed E-state index contributed by atoms with van der Waals surface area (Å²) in [5.41, 5.74) is 22.1. The highest BCUT2D eigenvalue weighted by molar-refractivity contribution is 9.10. The third-order valence-corrected chi connectivity index (χ3v) is 14.2. The molecule has 0 spiro atoms. The number of aromatic nitrogens is 12. The minimum atomic E-state index is 0. The predicted molar refractivity (Wildman–Crippen MR) is 347 cm³/mol. The van der Waals surface area contributed by atoms with Crippen LogP contribution in [0.4, 0.5) is 29.2 Å². The van der Waals surface area contributed by atoms with Crippen LogP contribution in [0, 0.1) is 34.6 Å². The van der Waals surface area contributed by atoms with Gasteiger partial charge in [0.05, 0.1) is 61.6 Å². The number of nitrogens with two attached hydrogens (primary N) is 1. The molecule has 436 valence electrons. The minimum absolute atomic E-state index is 0. The van der Waals surface area contributed by atoms with Gasteiger partial charge in [-0.3, -0.25) is 0 Å². The maximum Gasteiger partial charge on any atom is 0.247 e. The van der Waals surface area contributed by atoms with E-state index < -0.39 is 0 Å². The Morgan fingerprint density at radius 2 is 0.826 bits per heavy atom. The van der Waals surface area contributed by atoms with Gasteiger partial charge in [-0.2, -0.15) is 0 Å². The molecule has 5 N–H and O–H groups in total. The Bertz CT molecular complexity index is 4180. The van der Waals surface area contributed by atoms with Crippen molar-refractivity contribution in [1.82, 2.24) is 60.5 Å². The van der Waals surface area contributed by atoms with Gasteiger partial charge in [0.25, 0.3) is 0 Å². The number of methoxy groups -OCH3 is 3. The molecule has 86 heavy (non-hydrogen) atoms. The highest BCUT2D eigenvalue weighted by Gasteiger charge is 2.15. The van der Waals surface area contributed by atoms with Gasteiger partial charge in [0.1, 0.15) is 22.3 Å². The van der Waals surface area contributed by atoms with Crippen LogP contribution in [-0.2, 0) is 0 Å². The summed E-state index contributed by atoms with van der Waals surface area (Å²) < 4.78 is 15.9. The van der Waals surface area contributed by atoms with Crippen LogP contribution in [0.25, 0.3) is 66.5 Å². The number of fused-ring (bicyclic) bond motifs is 3. The van der Waals surface area contributed by atoms with Crippen LogP contribution in [0.15, 0.2) is 150 Å². The number of aryl methyl sites for hydroxylation is 5. The second kappa shape index (κ2) is 28.6. The lowest BCUT2D eigenvalue weighted by atomic mass is 10.0. The SMILES string of the molecule is COc1ccc(Br)cn1.COc1ccc(Nc2nnc3cc(-c4cc(C)ccc4Cl)cc(C)c3n2)cn1.COc1ccc(Nc2nnc3cc(-c4cc(O)ccc4Cl)cc(C)c3n2)cn1.Cc1ccc(Cl)c(-c2cc(C)c3nc(N)nnc3c2)c1.Cl. The van der Waals surface area contributed by atoms with Gasteiger partial charge >= 0.3 is 0 Å². The van der Waals surface area contributed by atoms with Crippen molar-refractivity contribution in [3.63, 3.8) is 0 Å². The van der Waals surface area contributed by atoms with E-state index in [-0.39, 0.29) is 24.1 Å². The van der Waals surface area contributed by atoms with E-state index in [0.29, 0.717) is 61.2 Å². The van der Waals surface area contributed by atoms with E-state index in [2.05, 4.69) is 105 Å². The van der Waals surface area contributed by atoms with Crippen LogP contribution in [0.1, 0.15) is 27.8 Å². The molecule has 0 radical (unpaired) electrons. The average Bonchev–Trinajstić information content (AvgIpc) is 2.33. The fourth-order valence-corrected chi connectivity index (χ4v) is 9.48. The summed E-state index contributed by atoms with van der Waals surface area (Å²) in [6.07, 6.45) is 4.98. The molecule has 0 aliphatic heterocycles. The van der Waals surface area contributed by atoms with E-state index in [1.165, 1.54) is 0 Å². The number of nitrogens with one attached hydrogen (secondary N) is 2. The van der Waals surface area contributed by atoms with Crippen LogP contribution >= 0.6 is 63.1 Å². The molecule has 12 rings (SSSR count). The summed E-state index contributed by atoms with van der Waals surface area (Å²) in [4.78, 5) is 25.6. The maximum atomic E-state index is 9.77. The molecule has 0 saturated heterocycles. The Balaban J connectivity index is 0.000000157. The number of aromatic hydroxyl groups is 1. The van der Waals surface area contributed by atoms with Gasteiger partial charge < -0.3 is 35.7 Å². The van der Waals surface area contributed by atoms with E-state index in [4.69, 9.17) is 54.7 Å². The van der Waals surface area contributed by atoms with Crippen LogP contribution in [0.2, 0.25) is 15.1 Å². The first kappa shape index (κ1) is 62.9. The number of nitrogens with zero attached hydrogens (tertiary/aromatic N) is 12. The summed E-state index contributed by atoms with van der Waals surface area (Å²) in [6, 6.07) is 39.4. The first-order valence-electron chi connectivity index (χ1n) is 25.9. The van der Waals surface area contributed by atoms with Crippen molar-refractivity contribution in [2.75, 3.05) is 37.7 Å². The third-order valence-electron chi connectivity index (χ3n) is 12.7. The molecular formula is C62H54BrCl4N15O4. The highest BCUT2D eigenvalue weighted by atomic mass is 79.9. The van der Waals surface area contributed by atoms with Gasteiger partial charge in [0, 0.05) is 60.6 Å². The average molecular weight is 1290 g/mol. The fourth-order valence-electron chi connectivity index (χ4n) is 8.57. The van der Waals surface area contributed by atoms with Gasteiger partial charge in [-0.05, 0) is 181 Å². The largest absolute Gasteiger partial charge is 0.508 e. The number of hydrogen-bond donors (Lipinski definition) is 4. The number of anilines is 5. The molecule has 0 bridgehead atoms. The Morgan fingerprint density at radius 3 is 1.22 bits per heavy atom. The van der Waals surface area contributed by atoms with Crippen LogP contribution < -0.4 is 30.6 Å². The van der Waals surface area contributed by atoms with Gasteiger partial charge in [0.15, 0.2) is 0 Å². The number of halogens is 5. The standard InChI is InChI=1S/C21H18ClN5O.C20H16ClN5O2.C15H13ClN4.C6H6BrNO.ClH/c1-12-4-6-17(22)16(8-12)14-9-13(2)20-18(10-14)26-27-21(25-20)24-15-5-7-19(28-3)23-11-15;1-11-7-12(15-9-14(27)4-5-16(15)21)8-17-19(11)24-20(26-25-17)23-13-3-6-18(28-2)22-10-13;1-8-3-4-12(16)11(5-8)10-6-9(2)14-13(7-10)19-20-15(17)18-14;1-9-6-3-2-5(7)4-8-6;/h4-11H,1-3H3,(H,24,25,27);3-10,27H,1-2H3,(H,23,24,26);3-7H,1-2H3,(H2,17,18,20);2-4H,1H3;1H. The molecule has 0 unspecified atom stereocenters. The van der Waals surface area contributed by atoms with Crippen molar-refractivity contribution in [2.45, 2.75) is 34.6 Å². The topological polar surface area (TPSA) is 253 Å². The fraction of sp³-hybridized carbons (Fsp3) is 0.129. The molecule has 6 heterocycles. The lowest BCUT2D eigenvalue weighted by molar-refractivity contribution is 0.397. The Kier molecular flexibility index (Phi) is 20.9. The summed E-state index contributed by atoms with van der Waals surface area (Å²) in [7, 11) is 4.73. The van der Waals surface area contributed by atoms with Crippen molar-refractivity contribution in [3.8, 4) is 56.8 Å². The highest BCUT2D eigenvalue weighted by Crippen LogP contribution is 2.36. The van der Waals surface area contributed by atoms with E-state index in [9.17, 15) is 5.11 Å². The minimum Gasteiger partial charge on any atom is -0.508 e. The normalized spacial score (nSPS) is 10.6. The number of benzene rings is 6. The zero-order chi connectivity index (χ0) is 60.3. The number of nitrogen functional groups attached to an aromatic ring is 1. The Hall–Kier alpha value is -9.18. The van der Waals surface area contributed by atoms with E-state index in [1.807, 2.05) is 107 Å². The number of rotatable bonds is 10. The molecule has 0 fully saturated rings. The van der Waals surface area contributed by atoms with E-state index in [0.717, 1.165) is 93.6 Å². The van der Waals surface area contributed by atoms with Crippen molar-refractivity contribution in [1.29, 1.82) is 0 Å². The molecule has 0 saturated carbocycles. The monoisotopic (exact) mass is 1290 g/mol. The summed E-state index contributed by atoms with van der Waals surface area (Å²) >= 11 is 22.2. The van der Waals surface area contributed by atoms with Crippen LogP contribution in [0.5, 0.6) is 23.4 Å². The molecule has 0 amide bonds. The lowest BCUT2D eigenvalue weighted by Gasteiger charge is -2.10. The molecule has 19 nitrogen and oxygen atoms in total. The molecule has 0 atom stereocenters. The number of ether oxygens (including phenoxy) is 3. The first-order valence-corrected chi connectivity index (χ1v) is 27.8. The molecular weight excluding hydrogens is 1240 g/mol. The van der Waals surface area contributed by atoms with Gasteiger partial charge in [-0.15, -0.1) is 43.0 Å². The number of pyridine rings is 3. The summed E-state index contributed by atoms with van der Waals surface area (Å²) in [5.74, 6) is 2.81. The molecule has 24 heteroatoms. The molecule has 0 aliphatic carbocycles. The zero-order valence-corrected chi connectivity index (χ0v) is 52.1. The van der Waals surface area contributed by atoms with Crippen LogP contribution in [-0.4, -0.2) is 86.9 Å². The molecule has 6 aromatic heterocycles. The Labute approximate surface area is 524 Å². The van der Waals surface area contributed by atoms with Crippen molar-refractivity contribution < 1.29 is 19.3 Å². The summed E-state index contributed by atoms with van der Waals surface area (Å²) in [5, 5.41) is 42.8. The zero-order valence-electron chi connectivity index (χ0n) is 47.4. The van der Waals surface area contributed by atoms with Gasteiger partial charge in [-0.25, -0.2) is 29.9 Å². The predicted octanol–water partition coefficient (Wildman–Crippen LogP) is 15.4. The number of phenolic OH excluding ortho intramolecular Hbond substituents is 1. The molecule has 6 aromatic carbocycles. The number of hydrogen-bond acceptors (Lipinski definition) is 19. The third kappa shape index (κ3) is 15.8. The lowest BCUT2D eigenvalue weighted by Crippen LogP contribution is -2.01. The second-order valence-corrected chi connectivity index (χ2v) is 21.1. The van der Waals surface area contributed by atoms with Gasteiger partial charge in [-0.1, -0.05) is 58.1 Å². The van der Waals surface area contributed by atoms with Crippen LogP contribution in [0.3, 0.4) is 0 Å². The first-order chi connectivity index (χ1) is 40.9. The van der Waals surface area contributed by atoms with Gasteiger partial charge in [0.2, 0.25) is 35.5 Å².